The molecule has 0 saturated heterocycles. The second-order valence-corrected chi connectivity index (χ2v) is 2.87. The van der Waals surface area contributed by atoms with E-state index >= 15 is 0 Å². The molecule has 0 amide bonds. The number of aliphatic imine (C=N–C) groups is 1. The highest BCUT2D eigenvalue weighted by Gasteiger charge is 2.41. The molecule has 6 nitrogen and oxygen atoms in total. The van der Waals surface area contributed by atoms with Crippen molar-refractivity contribution in [2.45, 2.75) is 12.1 Å². The van der Waals surface area contributed by atoms with E-state index in [4.69, 9.17) is 0 Å². The molecule has 14 heavy (non-hydrogen) atoms. The number of ether oxygens (including phenoxy) is 2. The van der Waals surface area contributed by atoms with Crippen LogP contribution in [0.1, 0.15) is 0 Å². The average molecular weight is 200 g/mol. The number of likely N-dealkylation sites (N-methyl/N-ethyl adjacent to an activating group) is 1. The zero-order valence-electron chi connectivity index (χ0n) is 8.26. The van der Waals surface area contributed by atoms with Crippen LogP contribution in [0.4, 0.5) is 0 Å². The van der Waals surface area contributed by atoms with E-state index in [0.717, 1.165) is 0 Å². The lowest BCUT2D eigenvalue weighted by molar-refractivity contribution is -0.152. The van der Waals surface area contributed by atoms with Crippen molar-refractivity contribution in [3.8, 4) is 0 Å². The molecule has 0 fully saturated rings. The van der Waals surface area contributed by atoms with Gasteiger partial charge in [-0.05, 0) is 0 Å². The van der Waals surface area contributed by atoms with Crippen LogP contribution in [0, 0.1) is 0 Å². The van der Waals surface area contributed by atoms with Crippen molar-refractivity contribution in [1.29, 1.82) is 0 Å². The lowest BCUT2D eigenvalue weighted by Crippen LogP contribution is -2.45. The molecule has 2 unspecified atom stereocenters. The molecule has 0 aliphatic carbocycles. The van der Waals surface area contributed by atoms with Crippen LogP contribution in [0.3, 0.4) is 0 Å². The summed E-state index contributed by atoms with van der Waals surface area (Å²) >= 11 is 0. The van der Waals surface area contributed by atoms with Gasteiger partial charge in [-0.1, -0.05) is 0 Å². The van der Waals surface area contributed by atoms with Gasteiger partial charge < -0.3 is 14.4 Å². The van der Waals surface area contributed by atoms with Gasteiger partial charge >= 0.3 is 11.9 Å². The Morgan fingerprint density at radius 3 is 2.36 bits per heavy atom. The number of hydrogen-bond donors (Lipinski definition) is 0. The second-order valence-electron chi connectivity index (χ2n) is 2.87. The fourth-order valence-corrected chi connectivity index (χ4v) is 1.28. The highest BCUT2D eigenvalue weighted by molar-refractivity contribution is 5.92. The van der Waals surface area contributed by atoms with E-state index < -0.39 is 24.0 Å². The van der Waals surface area contributed by atoms with Crippen molar-refractivity contribution in [1.82, 2.24) is 4.90 Å². The van der Waals surface area contributed by atoms with E-state index in [0.29, 0.717) is 0 Å². The predicted molar refractivity (Wildman–Crippen MR) is 47.9 cm³/mol. The van der Waals surface area contributed by atoms with Crippen molar-refractivity contribution in [3.05, 3.63) is 0 Å². The minimum absolute atomic E-state index is 0.500. The highest BCUT2D eigenvalue weighted by atomic mass is 16.5. The van der Waals surface area contributed by atoms with Crippen molar-refractivity contribution in [2.24, 2.45) is 4.99 Å². The van der Waals surface area contributed by atoms with E-state index in [1.165, 1.54) is 25.5 Å². The van der Waals surface area contributed by atoms with Crippen molar-refractivity contribution < 1.29 is 19.1 Å². The maximum absolute atomic E-state index is 11.3. The largest absolute Gasteiger partial charge is 0.467 e. The number of esters is 2. The summed E-state index contributed by atoms with van der Waals surface area (Å²) in [6.07, 6.45) is 1.42. The van der Waals surface area contributed by atoms with Gasteiger partial charge in [0.05, 0.1) is 20.6 Å². The summed E-state index contributed by atoms with van der Waals surface area (Å²) in [7, 11) is 4.17. The number of rotatable bonds is 2. The molecule has 1 aliphatic heterocycles. The molecular formula is C8H12N2O4. The van der Waals surface area contributed by atoms with E-state index in [1.54, 1.807) is 7.05 Å². The van der Waals surface area contributed by atoms with Gasteiger partial charge in [0.25, 0.3) is 0 Å². The van der Waals surface area contributed by atoms with E-state index in [-0.39, 0.29) is 0 Å². The topological polar surface area (TPSA) is 68.2 Å². The molecule has 78 valence electrons. The van der Waals surface area contributed by atoms with E-state index in [1.807, 2.05) is 0 Å². The van der Waals surface area contributed by atoms with Gasteiger partial charge in [-0.2, -0.15) is 0 Å². The summed E-state index contributed by atoms with van der Waals surface area (Å²) in [5.41, 5.74) is 0. The molecule has 1 aliphatic rings. The molecule has 0 aromatic rings. The maximum Gasteiger partial charge on any atom is 0.333 e. The van der Waals surface area contributed by atoms with Crippen LogP contribution < -0.4 is 0 Å². The lowest BCUT2D eigenvalue weighted by Gasteiger charge is -2.20. The first kappa shape index (κ1) is 10.5. The SMILES string of the molecule is COC(=O)C1N=CN(C)C1C(=O)OC. The molecule has 0 spiro atoms. The first-order valence-corrected chi connectivity index (χ1v) is 4.02. The predicted octanol–water partition coefficient (Wildman–Crippen LogP) is -0.957. The van der Waals surface area contributed by atoms with Gasteiger partial charge in [-0.25, -0.2) is 9.59 Å². The van der Waals surface area contributed by atoms with Gasteiger partial charge in [-0.3, -0.25) is 4.99 Å². The lowest BCUT2D eigenvalue weighted by atomic mass is 10.1. The third-order valence-electron chi connectivity index (χ3n) is 2.03. The Kier molecular flexibility index (Phi) is 3.06. The van der Waals surface area contributed by atoms with Crippen LogP contribution in [-0.2, 0) is 19.1 Å². The molecule has 0 N–H and O–H groups in total. The smallest absolute Gasteiger partial charge is 0.333 e. The van der Waals surface area contributed by atoms with Gasteiger partial charge in [-0.15, -0.1) is 0 Å². The third-order valence-corrected chi connectivity index (χ3v) is 2.03. The van der Waals surface area contributed by atoms with E-state index in [9.17, 15) is 9.59 Å². The van der Waals surface area contributed by atoms with Crippen LogP contribution in [-0.4, -0.2) is 56.5 Å². The number of hydrogen-bond acceptors (Lipinski definition) is 6. The summed E-state index contributed by atoms with van der Waals surface area (Å²) in [6.45, 7) is 0. The minimum atomic E-state index is -0.822. The molecule has 0 aromatic carbocycles. The molecule has 0 saturated carbocycles. The fourth-order valence-electron chi connectivity index (χ4n) is 1.28. The summed E-state index contributed by atoms with van der Waals surface area (Å²) in [4.78, 5) is 27.9. The average Bonchev–Trinajstić information content (AvgIpc) is 2.58. The molecule has 0 aromatic heterocycles. The molecule has 1 rings (SSSR count). The number of nitrogens with zero attached hydrogens (tertiary/aromatic N) is 2. The molecule has 6 heteroatoms. The van der Waals surface area contributed by atoms with Crippen LogP contribution in [0.15, 0.2) is 4.99 Å². The molecular weight excluding hydrogens is 188 g/mol. The maximum atomic E-state index is 11.3. The normalized spacial score (nSPS) is 24.9. The Balaban J connectivity index is 2.80. The summed E-state index contributed by atoms with van der Waals surface area (Å²) in [5.74, 6) is -1.04. The first-order valence-electron chi connectivity index (χ1n) is 4.02. The highest BCUT2D eigenvalue weighted by Crippen LogP contribution is 2.14. The first-order chi connectivity index (χ1) is 6.61. The van der Waals surface area contributed by atoms with Crippen LogP contribution in [0.5, 0.6) is 0 Å². The summed E-state index contributed by atoms with van der Waals surface area (Å²) < 4.78 is 9.08. The van der Waals surface area contributed by atoms with Gasteiger partial charge in [0.1, 0.15) is 0 Å². The number of carbonyl (C=O) groups is 2. The van der Waals surface area contributed by atoms with Gasteiger partial charge in [0.15, 0.2) is 12.1 Å². The Hall–Kier alpha value is -1.59. The van der Waals surface area contributed by atoms with Gasteiger partial charge in [0.2, 0.25) is 0 Å². The fraction of sp³-hybridized carbons (Fsp3) is 0.625. The van der Waals surface area contributed by atoms with Gasteiger partial charge in [0, 0.05) is 7.05 Å². The Morgan fingerprint density at radius 2 is 1.86 bits per heavy atom. The summed E-state index contributed by atoms with van der Waals surface area (Å²) in [5, 5.41) is 0. The van der Waals surface area contributed by atoms with Crippen LogP contribution >= 0.6 is 0 Å². The molecule has 2 atom stereocenters. The zero-order valence-corrected chi connectivity index (χ0v) is 8.26. The molecule has 1 heterocycles. The Morgan fingerprint density at radius 1 is 1.29 bits per heavy atom. The Bertz CT molecular complexity index is 277. The summed E-state index contributed by atoms with van der Waals surface area (Å²) in [6, 6.07) is -1.54. The second kappa shape index (κ2) is 4.08. The quantitative estimate of drug-likeness (QED) is 0.537. The standard InChI is InChI=1S/C8H12N2O4/c1-10-4-9-5(7(11)13-2)6(10)8(12)14-3/h4-6H,1-3H3. The number of methoxy groups -OCH3 is 2. The molecule has 0 radical (unpaired) electrons. The molecule has 0 bridgehead atoms. The van der Waals surface area contributed by atoms with Crippen molar-refractivity contribution >= 4 is 18.3 Å². The minimum Gasteiger partial charge on any atom is -0.467 e. The van der Waals surface area contributed by atoms with Crippen molar-refractivity contribution in [2.75, 3.05) is 21.3 Å². The Labute approximate surface area is 81.5 Å². The van der Waals surface area contributed by atoms with Crippen LogP contribution in [0.2, 0.25) is 0 Å². The zero-order chi connectivity index (χ0) is 10.7. The number of carbonyl (C=O) groups excluding carboxylic acids is 2. The monoisotopic (exact) mass is 200 g/mol. The van der Waals surface area contributed by atoms with Crippen molar-refractivity contribution in [3.63, 3.8) is 0 Å². The van der Waals surface area contributed by atoms with Crippen LogP contribution in [0.25, 0.3) is 0 Å². The van der Waals surface area contributed by atoms with E-state index in [2.05, 4.69) is 14.5 Å². The third kappa shape index (κ3) is 1.68.